The molecule has 1 aliphatic rings. The van der Waals surface area contributed by atoms with Gasteiger partial charge >= 0.3 is 0 Å². The molecule has 0 aromatic carbocycles. The van der Waals surface area contributed by atoms with Gasteiger partial charge in [-0.3, -0.25) is 4.99 Å². The van der Waals surface area contributed by atoms with Crippen molar-refractivity contribution in [3.63, 3.8) is 0 Å². The molecular weight excluding hydrogens is 433 g/mol. The Morgan fingerprint density at radius 2 is 2.18 bits per heavy atom. The Morgan fingerprint density at radius 3 is 2.77 bits per heavy atom. The molecule has 2 rings (SSSR count). The normalized spacial score (nSPS) is 16.2. The summed E-state index contributed by atoms with van der Waals surface area (Å²) in [6.45, 7) is 3.62. The summed E-state index contributed by atoms with van der Waals surface area (Å²) in [5.41, 5.74) is 0. The third-order valence-corrected chi connectivity index (χ3v) is 4.99. The van der Waals surface area contributed by atoms with Gasteiger partial charge in [-0.25, -0.2) is 0 Å². The maximum Gasteiger partial charge on any atom is 0.193 e. The number of nitrogens with zero attached hydrogens (tertiary/aromatic N) is 2. The van der Waals surface area contributed by atoms with E-state index < -0.39 is 0 Å². The molecule has 0 bridgehead atoms. The highest BCUT2D eigenvalue weighted by Crippen LogP contribution is 2.22. The number of hydrogen-bond donors (Lipinski definition) is 1. The van der Waals surface area contributed by atoms with Crippen molar-refractivity contribution in [3.05, 3.63) is 21.3 Å². The van der Waals surface area contributed by atoms with Crippen LogP contribution in [0.1, 0.15) is 24.1 Å². The van der Waals surface area contributed by atoms with Crippen molar-refractivity contribution in [1.82, 2.24) is 10.2 Å². The lowest BCUT2D eigenvalue weighted by Gasteiger charge is -2.24. The van der Waals surface area contributed by atoms with Crippen LogP contribution in [-0.4, -0.2) is 44.7 Å². The fraction of sp³-hybridized carbons (Fsp3) is 0.667. The van der Waals surface area contributed by atoms with Crippen molar-refractivity contribution < 1.29 is 4.74 Å². The van der Waals surface area contributed by atoms with Crippen LogP contribution < -0.4 is 5.32 Å². The van der Waals surface area contributed by atoms with Crippen molar-refractivity contribution in [3.8, 4) is 0 Å². The minimum atomic E-state index is 0. The first-order valence-electron chi connectivity index (χ1n) is 7.42. The largest absolute Gasteiger partial charge is 0.381 e. The van der Waals surface area contributed by atoms with Crippen molar-refractivity contribution in [1.29, 1.82) is 0 Å². The molecule has 1 aromatic rings. The third-order valence-electron chi connectivity index (χ3n) is 3.77. The molecule has 126 valence electrons. The minimum absolute atomic E-state index is 0. The lowest BCUT2D eigenvalue weighted by molar-refractivity contribution is 0.0643. The summed E-state index contributed by atoms with van der Waals surface area (Å²) in [7, 11) is 3.88. The van der Waals surface area contributed by atoms with Gasteiger partial charge in [0.15, 0.2) is 5.96 Å². The topological polar surface area (TPSA) is 36.9 Å². The van der Waals surface area contributed by atoms with Gasteiger partial charge in [0.05, 0.1) is 10.9 Å². The van der Waals surface area contributed by atoms with Crippen molar-refractivity contribution in [2.24, 2.45) is 10.9 Å². The molecule has 4 nitrogen and oxygen atoms in total. The number of hydrogen-bond acceptors (Lipinski definition) is 3. The second kappa shape index (κ2) is 10.7. The highest BCUT2D eigenvalue weighted by molar-refractivity contribution is 14.0. The number of halogens is 2. The van der Waals surface area contributed by atoms with Gasteiger partial charge in [0.2, 0.25) is 0 Å². The van der Waals surface area contributed by atoms with E-state index in [-0.39, 0.29) is 24.0 Å². The van der Waals surface area contributed by atoms with Crippen LogP contribution in [0.5, 0.6) is 0 Å². The molecule has 0 spiro atoms. The first-order chi connectivity index (χ1) is 10.2. The minimum Gasteiger partial charge on any atom is -0.381 e. The summed E-state index contributed by atoms with van der Waals surface area (Å²) in [5.74, 6) is 1.72. The molecule has 7 heteroatoms. The third kappa shape index (κ3) is 6.60. The Morgan fingerprint density at radius 1 is 1.45 bits per heavy atom. The van der Waals surface area contributed by atoms with E-state index in [2.05, 4.69) is 28.3 Å². The van der Waals surface area contributed by atoms with Crippen molar-refractivity contribution in [2.45, 2.75) is 25.8 Å². The van der Waals surface area contributed by atoms with Crippen LogP contribution >= 0.6 is 46.9 Å². The van der Waals surface area contributed by atoms with Crippen LogP contribution in [0.15, 0.2) is 17.1 Å². The Bertz CT molecular complexity index is 463. The van der Waals surface area contributed by atoms with Gasteiger partial charge in [0.1, 0.15) is 0 Å². The number of ether oxygens (including phenoxy) is 1. The van der Waals surface area contributed by atoms with Crippen LogP contribution in [0.4, 0.5) is 0 Å². The quantitative estimate of drug-likeness (QED) is 0.415. The number of aliphatic imine (C=N–C) groups is 1. The molecule has 0 atom stereocenters. The molecule has 2 heterocycles. The van der Waals surface area contributed by atoms with Gasteiger partial charge in [-0.15, -0.1) is 35.3 Å². The van der Waals surface area contributed by atoms with E-state index >= 15 is 0 Å². The monoisotopic (exact) mass is 457 g/mol. The molecule has 0 aliphatic carbocycles. The summed E-state index contributed by atoms with van der Waals surface area (Å²) in [4.78, 5) is 7.73. The van der Waals surface area contributed by atoms with E-state index in [0.717, 1.165) is 42.5 Å². The van der Waals surface area contributed by atoms with Gasteiger partial charge in [0.25, 0.3) is 0 Å². The van der Waals surface area contributed by atoms with Crippen LogP contribution in [0, 0.1) is 5.92 Å². The van der Waals surface area contributed by atoms with E-state index in [1.165, 1.54) is 24.1 Å². The fourth-order valence-electron chi connectivity index (χ4n) is 2.55. The predicted molar refractivity (Wildman–Crippen MR) is 106 cm³/mol. The molecule has 0 amide bonds. The summed E-state index contributed by atoms with van der Waals surface area (Å²) >= 11 is 7.59. The molecular formula is C15H25ClIN3OS. The molecule has 1 saturated heterocycles. The lowest BCUT2D eigenvalue weighted by Crippen LogP contribution is -2.39. The molecule has 1 aromatic heterocycles. The maximum atomic E-state index is 5.97. The highest BCUT2D eigenvalue weighted by Gasteiger charge is 2.14. The van der Waals surface area contributed by atoms with Crippen LogP contribution in [-0.2, 0) is 11.3 Å². The average Bonchev–Trinajstić information content (AvgIpc) is 2.89. The van der Waals surface area contributed by atoms with Gasteiger partial charge < -0.3 is 15.0 Å². The molecule has 0 unspecified atom stereocenters. The first kappa shape index (κ1) is 20.0. The van der Waals surface area contributed by atoms with Crippen LogP contribution in [0.3, 0.4) is 0 Å². The Labute approximate surface area is 159 Å². The SMILES string of the molecule is CN=C(NCCC1CCOCC1)N(C)Cc1ccc(Cl)s1.I. The van der Waals surface area contributed by atoms with Crippen molar-refractivity contribution in [2.75, 3.05) is 33.9 Å². The summed E-state index contributed by atoms with van der Waals surface area (Å²) in [6.07, 6.45) is 3.55. The van der Waals surface area contributed by atoms with Crippen LogP contribution in [0.2, 0.25) is 4.34 Å². The summed E-state index contributed by atoms with van der Waals surface area (Å²) in [5, 5.41) is 3.45. The average molecular weight is 458 g/mol. The molecule has 0 radical (unpaired) electrons. The standard InChI is InChI=1S/C15H24ClN3OS.HI/c1-17-15(18-8-5-12-6-9-20-10-7-12)19(2)11-13-3-4-14(16)21-13;/h3-4,12H,5-11H2,1-2H3,(H,17,18);1H. The predicted octanol–water partition coefficient (Wildman–Crippen LogP) is 3.84. The second-order valence-corrected chi connectivity index (χ2v) is 7.18. The van der Waals surface area contributed by atoms with Gasteiger partial charge in [-0.05, 0) is 37.3 Å². The second-order valence-electron chi connectivity index (χ2n) is 5.38. The molecule has 22 heavy (non-hydrogen) atoms. The smallest absolute Gasteiger partial charge is 0.193 e. The van der Waals surface area contributed by atoms with Gasteiger partial charge in [0, 0.05) is 38.7 Å². The maximum absolute atomic E-state index is 5.97. The number of rotatable bonds is 5. The van der Waals surface area contributed by atoms with E-state index in [1.54, 1.807) is 11.3 Å². The van der Waals surface area contributed by atoms with E-state index in [0.29, 0.717) is 0 Å². The van der Waals surface area contributed by atoms with E-state index in [9.17, 15) is 0 Å². The van der Waals surface area contributed by atoms with Gasteiger partial charge in [-0.1, -0.05) is 11.6 Å². The summed E-state index contributed by atoms with van der Waals surface area (Å²) < 4.78 is 6.23. The first-order valence-corrected chi connectivity index (χ1v) is 8.62. The van der Waals surface area contributed by atoms with Gasteiger partial charge in [-0.2, -0.15) is 0 Å². The van der Waals surface area contributed by atoms with Crippen LogP contribution in [0.25, 0.3) is 0 Å². The summed E-state index contributed by atoms with van der Waals surface area (Å²) in [6, 6.07) is 4.01. The Hall–Kier alpha value is -0.0500. The Balaban J connectivity index is 0.00000242. The lowest BCUT2D eigenvalue weighted by atomic mass is 9.97. The fourth-order valence-corrected chi connectivity index (χ4v) is 3.69. The zero-order valence-corrected chi connectivity index (χ0v) is 17.1. The number of thiophene rings is 1. The van der Waals surface area contributed by atoms with E-state index in [1.807, 2.05) is 13.1 Å². The highest BCUT2D eigenvalue weighted by atomic mass is 127. The molecule has 1 N–H and O–H groups in total. The zero-order chi connectivity index (χ0) is 15.1. The molecule has 1 aliphatic heterocycles. The van der Waals surface area contributed by atoms with E-state index in [4.69, 9.17) is 16.3 Å². The Kier molecular flexibility index (Phi) is 9.70. The molecule has 0 saturated carbocycles. The molecule has 1 fully saturated rings. The zero-order valence-electron chi connectivity index (χ0n) is 13.2. The number of guanidine groups is 1. The van der Waals surface area contributed by atoms with Crippen molar-refractivity contribution >= 4 is 52.9 Å². The number of nitrogens with one attached hydrogen (secondary N) is 1.